The van der Waals surface area contributed by atoms with Crippen LogP contribution in [0.5, 0.6) is 0 Å². The van der Waals surface area contributed by atoms with Crippen LogP contribution < -0.4 is 10.9 Å². The Balaban J connectivity index is 1.46. The zero-order valence-corrected chi connectivity index (χ0v) is 15.4. The van der Waals surface area contributed by atoms with E-state index in [0.717, 1.165) is 31.4 Å². The summed E-state index contributed by atoms with van der Waals surface area (Å²) in [6.07, 6.45) is 5.33. The summed E-state index contributed by atoms with van der Waals surface area (Å²) in [5.41, 5.74) is 2.48. The summed E-state index contributed by atoms with van der Waals surface area (Å²) >= 11 is 0. The Hall–Kier alpha value is -2.95. The van der Waals surface area contributed by atoms with Crippen molar-refractivity contribution in [2.24, 2.45) is 0 Å². The fraction of sp³-hybridized carbons (Fsp3) is 0.318. The van der Waals surface area contributed by atoms with Gasteiger partial charge in [-0.25, -0.2) is 4.98 Å². The summed E-state index contributed by atoms with van der Waals surface area (Å²) in [5, 5.41) is 3.04. The third kappa shape index (κ3) is 3.50. The topological polar surface area (TPSA) is 63.5 Å². The highest BCUT2D eigenvalue weighted by Crippen LogP contribution is 2.32. The van der Waals surface area contributed by atoms with Crippen LogP contribution in [0, 0.1) is 6.92 Å². The first-order chi connectivity index (χ1) is 13.1. The number of nitrogens with one attached hydrogen (secondary N) is 1. The number of pyridine rings is 1. The molecule has 0 bridgehead atoms. The maximum atomic E-state index is 12.7. The van der Waals surface area contributed by atoms with Crippen LogP contribution in [0.2, 0.25) is 0 Å². The van der Waals surface area contributed by atoms with Gasteiger partial charge in [0.2, 0.25) is 0 Å². The van der Waals surface area contributed by atoms with Gasteiger partial charge in [-0.15, -0.1) is 0 Å². The molecule has 0 spiro atoms. The molecule has 138 valence electrons. The van der Waals surface area contributed by atoms with Crippen molar-refractivity contribution in [3.05, 3.63) is 81.9 Å². The molecule has 1 fully saturated rings. The number of nitrogens with zero attached hydrogens (tertiary/aromatic N) is 2. The van der Waals surface area contributed by atoms with Gasteiger partial charge in [-0.05, 0) is 56.2 Å². The molecule has 1 aliphatic rings. The molecule has 1 N–H and O–H groups in total. The van der Waals surface area contributed by atoms with Crippen molar-refractivity contribution in [2.45, 2.75) is 44.6 Å². The van der Waals surface area contributed by atoms with Crippen LogP contribution in [0.15, 0.2) is 59.5 Å². The van der Waals surface area contributed by atoms with Gasteiger partial charge < -0.3 is 5.32 Å². The molecule has 3 aromatic rings. The zero-order chi connectivity index (χ0) is 18.8. The van der Waals surface area contributed by atoms with Gasteiger partial charge in [0.15, 0.2) is 0 Å². The molecule has 1 amide bonds. The lowest BCUT2D eigenvalue weighted by molar-refractivity contribution is 0.0923. The fourth-order valence-electron chi connectivity index (χ4n) is 3.99. The number of hydrogen-bond donors (Lipinski definition) is 1. The van der Waals surface area contributed by atoms with E-state index in [-0.39, 0.29) is 23.1 Å². The van der Waals surface area contributed by atoms with Crippen molar-refractivity contribution < 1.29 is 4.79 Å². The Kier molecular flexibility index (Phi) is 4.75. The molecule has 2 aromatic heterocycles. The van der Waals surface area contributed by atoms with E-state index in [1.807, 2.05) is 25.1 Å². The lowest BCUT2D eigenvalue weighted by Crippen LogP contribution is -2.40. The number of carbonyl (C=O) groups is 1. The quantitative estimate of drug-likeness (QED) is 0.777. The van der Waals surface area contributed by atoms with Gasteiger partial charge in [0.05, 0.1) is 0 Å². The summed E-state index contributed by atoms with van der Waals surface area (Å²) in [7, 11) is 0. The molecular weight excluding hydrogens is 338 g/mol. The van der Waals surface area contributed by atoms with E-state index in [0.29, 0.717) is 11.6 Å². The third-order valence-corrected chi connectivity index (χ3v) is 5.50. The Bertz CT molecular complexity index is 1020. The van der Waals surface area contributed by atoms with Crippen LogP contribution in [-0.2, 0) is 0 Å². The Morgan fingerprint density at radius 3 is 2.52 bits per heavy atom. The van der Waals surface area contributed by atoms with E-state index < -0.39 is 0 Å². The van der Waals surface area contributed by atoms with Crippen molar-refractivity contribution in [1.82, 2.24) is 14.7 Å². The van der Waals surface area contributed by atoms with Gasteiger partial charge >= 0.3 is 0 Å². The van der Waals surface area contributed by atoms with Crippen molar-refractivity contribution >= 4 is 11.6 Å². The molecule has 0 radical (unpaired) electrons. The van der Waals surface area contributed by atoms with E-state index >= 15 is 0 Å². The van der Waals surface area contributed by atoms with E-state index in [1.165, 1.54) is 16.2 Å². The first-order valence-corrected chi connectivity index (χ1v) is 9.46. The van der Waals surface area contributed by atoms with Crippen LogP contribution in [0.1, 0.15) is 53.2 Å². The average molecular weight is 361 g/mol. The Morgan fingerprint density at radius 1 is 1.04 bits per heavy atom. The summed E-state index contributed by atoms with van der Waals surface area (Å²) < 4.78 is 1.49. The summed E-state index contributed by atoms with van der Waals surface area (Å²) in [6.45, 7) is 1.84. The van der Waals surface area contributed by atoms with Crippen LogP contribution in [-0.4, -0.2) is 21.3 Å². The van der Waals surface area contributed by atoms with Crippen LogP contribution >= 0.6 is 0 Å². The number of fused-ring (bicyclic) bond motifs is 1. The molecule has 1 saturated carbocycles. The molecule has 27 heavy (non-hydrogen) atoms. The fourth-order valence-corrected chi connectivity index (χ4v) is 3.99. The molecule has 5 heteroatoms. The number of carbonyl (C=O) groups excluding carboxylic acids is 1. The molecule has 4 rings (SSSR count). The van der Waals surface area contributed by atoms with Crippen molar-refractivity contribution in [3.8, 4) is 0 Å². The third-order valence-electron chi connectivity index (χ3n) is 5.50. The molecule has 0 saturated heterocycles. The number of aromatic nitrogens is 2. The van der Waals surface area contributed by atoms with Crippen LogP contribution in [0.4, 0.5) is 0 Å². The molecule has 2 heterocycles. The van der Waals surface area contributed by atoms with Gasteiger partial charge in [-0.3, -0.25) is 14.0 Å². The lowest BCUT2D eigenvalue weighted by Gasteiger charge is -2.29. The number of benzene rings is 1. The summed E-state index contributed by atoms with van der Waals surface area (Å²) in [5.74, 6) is 0.225. The number of rotatable bonds is 3. The molecule has 0 unspecified atom stereocenters. The number of amides is 1. The van der Waals surface area contributed by atoms with Crippen molar-refractivity contribution in [1.29, 1.82) is 0 Å². The van der Waals surface area contributed by atoms with E-state index in [9.17, 15) is 9.59 Å². The van der Waals surface area contributed by atoms with Crippen molar-refractivity contribution in [2.75, 3.05) is 0 Å². The maximum Gasteiger partial charge on any atom is 0.270 e. The molecule has 0 aliphatic heterocycles. The largest absolute Gasteiger partial charge is 0.349 e. The molecule has 1 aliphatic carbocycles. The highest BCUT2D eigenvalue weighted by atomic mass is 16.2. The highest BCUT2D eigenvalue weighted by molar-refractivity contribution is 5.94. The normalized spacial score (nSPS) is 19.7. The maximum absolute atomic E-state index is 12.7. The van der Waals surface area contributed by atoms with Gasteiger partial charge in [-0.1, -0.05) is 36.4 Å². The number of aryl methyl sites for hydroxylation is 1. The minimum Gasteiger partial charge on any atom is -0.349 e. The molecule has 1 aromatic carbocycles. The Morgan fingerprint density at radius 2 is 1.78 bits per heavy atom. The smallest absolute Gasteiger partial charge is 0.270 e. The van der Waals surface area contributed by atoms with Crippen LogP contribution in [0.3, 0.4) is 0 Å². The highest BCUT2D eigenvalue weighted by Gasteiger charge is 2.24. The minimum absolute atomic E-state index is 0.104. The summed E-state index contributed by atoms with van der Waals surface area (Å²) in [4.78, 5) is 29.7. The second-order valence-electron chi connectivity index (χ2n) is 7.27. The second-order valence-corrected chi connectivity index (χ2v) is 7.27. The van der Waals surface area contributed by atoms with Gasteiger partial charge in [-0.2, -0.15) is 0 Å². The zero-order valence-electron chi connectivity index (χ0n) is 15.4. The van der Waals surface area contributed by atoms with Gasteiger partial charge in [0.25, 0.3) is 11.5 Å². The Labute approximate surface area is 158 Å². The molecular formula is C22H23N3O2. The number of hydrogen-bond acceptors (Lipinski definition) is 3. The first kappa shape index (κ1) is 17.5. The predicted octanol–water partition coefficient (Wildman–Crippen LogP) is 3.46. The van der Waals surface area contributed by atoms with E-state index in [4.69, 9.17) is 0 Å². The molecule has 0 atom stereocenters. The van der Waals surface area contributed by atoms with Crippen LogP contribution in [0.25, 0.3) is 5.65 Å². The van der Waals surface area contributed by atoms with E-state index in [1.54, 1.807) is 6.07 Å². The second kappa shape index (κ2) is 7.35. The van der Waals surface area contributed by atoms with Gasteiger partial charge in [0, 0.05) is 17.9 Å². The first-order valence-electron chi connectivity index (χ1n) is 9.46. The molecule has 5 nitrogen and oxygen atoms in total. The minimum atomic E-state index is -0.326. The van der Waals surface area contributed by atoms with Gasteiger partial charge in [0.1, 0.15) is 11.2 Å². The lowest BCUT2D eigenvalue weighted by atomic mass is 9.82. The van der Waals surface area contributed by atoms with Crippen molar-refractivity contribution in [3.63, 3.8) is 0 Å². The monoisotopic (exact) mass is 361 g/mol. The standard InChI is InChI=1S/C22H23N3O2/c1-15-6-5-9-20-23-14-19(22(27)25(15)20)21(26)24-18-12-10-17(11-13-18)16-7-3-2-4-8-16/h2-9,14,17-18H,10-13H2,1H3,(H,24,26). The average Bonchev–Trinajstić information content (AvgIpc) is 2.69. The summed E-state index contributed by atoms with van der Waals surface area (Å²) in [6, 6.07) is 16.1. The SMILES string of the molecule is Cc1cccc2ncc(C(=O)NC3CCC(c4ccccc4)CC3)c(=O)n12. The van der Waals surface area contributed by atoms with E-state index in [2.05, 4.69) is 34.6 Å². The predicted molar refractivity (Wildman–Crippen MR) is 105 cm³/mol.